The van der Waals surface area contributed by atoms with Crippen LogP contribution >= 0.6 is 0 Å². The van der Waals surface area contributed by atoms with Crippen LogP contribution in [0, 0.1) is 6.92 Å². The number of hydrogen-bond donors (Lipinski definition) is 1. The molecule has 1 amide bonds. The van der Waals surface area contributed by atoms with Crippen LogP contribution in [-0.2, 0) is 24.7 Å². The third-order valence-corrected chi connectivity index (χ3v) is 4.83. The number of furan rings is 1. The number of aromatic nitrogens is 3. The minimum atomic E-state index is -0.529. The Morgan fingerprint density at radius 2 is 2.00 bits per heavy atom. The van der Waals surface area contributed by atoms with Gasteiger partial charge in [0.05, 0.1) is 13.5 Å². The molecule has 9 nitrogen and oxygen atoms in total. The molecule has 0 unspecified atom stereocenters. The summed E-state index contributed by atoms with van der Waals surface area (Å²) in [6.45, 7) is 2.05. The first-order valence-electron chi connectivity index (χ1n) is 9.76. The van der Waals surface area contributed by atoms with Crippen molar-refractivity contribution in [1.82, 2.24) is 20.1 Å². The van der Waals surface area contributed by atoms with E-state index in [1.165, 1.54) is 0 Å². The van der Waals surface area contributed by atoms with Gasteiger partial charge in [0.1, 0.15) is 34.6 Å². The van der Waals surface area contributed by atoms with Gasteiger partial charge in [-0.25, -0.2) is 9.78 Å². The minimum Gasteiger partial charge on any atom is -0.497 e. The Morgan fingerprint density at radius 1 is 1.23 bits per heavy atom. The Morgan fingerprint density at radius 3 is 2.68 bits per heavy atom. The molecular formula is C22H22N4O5. The summed E-state index contributed by atoms with van der Waals surface area (Å²) in [6.07, 6.45) is 2.08. The molecule has 0 atom stereocenters. The minimum absolute atomic E-state index is 0.0299. The topological polar surface area (TPSA) is 112 Å². The predicted octanol–water partition coefficient (Wildman–Crippen LogP) is 2.40. The Bertz CT molecular complexity index is 1280. The lowest BCUT2D eigenvalue weighted by Crippen LogP contribution is -2.27. The summed E-state index contributed by atoms with van der Waals surface area (Å²) in [6, 6.07) is 8.87. The Labute approximate surface area is 177 Å². The molecule has 0 saturated carbocycles. The predicted molar refractivity (Wildman–Crippen MR) is 113 cm³/mol. The van der Waals surface area contributed by atoms with Crippen LogP contribution in [0.2, 0.25) is 0 Å². The number of ether oxygens (including phenoxy) is 1. The van der Waals surface area contributed by atoms with Gasteiger partial charge in [0.15, 0.2) is 5.82 Å². The molecule has 0 bridgehead atoms. The normalized spacial score (nSPS) is 11.1. The van der Waals surface area contributed by atoms with Crippen molar-refractivity contribution >= 4 is 16.9 Å². The van der Waals surface area contributed by atoms with Crippen molar-refractivity contribution in [2.45, 2.75) is 19.8 Å². The summed E-state index contributed by atoms with van der Waals surface area (Å²) < 4.78 is 18.1. The van der Waals surface area contributed by atoms with E-state index in [-0.39, 0.29) is 17.7 Å². The summed E-state index contributed by atoms with van der Waals surface area (Å²) >= 11 is 0. The molecule has 160 valence electrons. The highest BCUT2D eigenvalue weighted by Gasteiger charge is 2.22. The van der Waals surface area contributed by atoms with Crippen molar-refractivity contribution in [3.8, 4) is 17.1 Å². The van der Waals surface area contributed by atoms with Crippen LogP contribution in [0.15, 0.2) is 50.3 Å². The molecule has 9 heteroatoms. The summed E-state index contributed by atoms with van der Waals surface area (Å²) in [5.74, 6) is 1.99. The lowest BCUT2D eigenvalue weighted by molar-refractivity contribution is -0.120. The molecule has 3 aromatic heterocycles. The number of nitrogens with one attached hydrogen (secondary N) is 1. The fourth-order valence-electron chi connectivity index (χ4n) is 3.40. The molecule has 0 aliphatic heterocycles. The van der Waals surface area contributed by atoms with E-state index in [0.29, 0.717) is 47.2 Å². The first-order chi connectivity index (χ1) is 14.9. The number of benzene rings is 1. The number of rotatable bonds is 7. The van der Waals surface area contributed by atoms with Crippen LogP contribution in [-0.4, -0.2) is 34.3 Å². The van der Waals surface area contributed by atoms with Gasteiger partial charge in [-0.3, -0.25) is 9.48 Å². The zero-order valence-corrected chi connectivity index (χ0v) is 17.5. The van der Waals surface area contributed by atoms with Crippen LogP contribution < -0.4 is 15.7 Å². The molecule has 0 aliphatic rings. The van der Waals surface area contributed by atoms with E-state index in [2.05, 4.69) is 15.4 Å². The zero-order chi connectivity index (χ0) is 22.0. The number of hydrogen-bond acceptors (Lipinski definition) is 7. The fraction of sp³-hybridized carbons (Fsp3) is 0.273. The van der Waals surface area contributed by atoms with Gasteiger partial charge >= 0.3 is 5.63 Å². The first-order valence-corrected chi connectivity index (χ1v) is 9.76. The maximum atomic E-state index is 12.7. The summed E-state index contributed by atoms with van der Waals surface area (Å²) in [7, 11) is 3.37. The van der Waals surface area contributed by atoms with E-state index in [9.17, 15) is 9.59 Å². The Balaban J connectivity index is 1.62. The molecule has 0 spiro atoms. The molecule has 1 N–H and O–H groups in total. The van der Waals surface area contributed by atoms with E-state index in [4.69, 9.17) is 13.6 Å². The second kappa shape index (κ2) is 8.47. The van der Waals surface area contributed by atoms with Crippen LogP contribution in [0.1, 0.15) is 17.1 Å². The number of methoxy groups -OCH3 is 1. The van der Waals surface area contributed by atoms with Crippen molar-refractivity contribution in [3.05, 3.63) is 64.2 Å². The highest BCUT2D eigenvalue weighted by molar-refractivity contribution is 5.92. The Hall–Kier alpha value is -3.88. The smallest absolute Gasteiger partial charge is 0.347 e. The van der Waals surface area contributed by atoms with E-state index in [1.807, 2.05) is 12.1 Å². The largest absolute Gasteiger partial charge is 0.497 e. The van der Waals surface area contributed by atoms with Crippen LogP contribution in [0.5, 0.6) is 5.75 Å². The number of carbonyl (C=O) groups is 1. The number of nitrogens with zero attached hydrogens (tertiary/aromatic N) is 3. The molecule has 1 aromatic carbocycles. The lowest BCUT2D eigenvalue weighted by Gasteiger charge is -2.06. The first kappa shape index (κ1) is 20.4. The zero-order valence-electron chi connectivity index (χ0n) is 17.5. The molecule has 4 aromatic rings. The van der Waals surface area contributed by atoms with Gasteiger partial charge < -0.3 is 18.9 Å². The average Bonchev–Trinajstić information content (AvgIpc) is 3.31. The third-order valence-electron chi connectivity index (χ3n) is 4.83. The van der Waals surface area contributed by atoms with E-state index in [0.717, 1.165) is 5.56 Å². The number of aryl methyl sites for hydroxylation is 2. The van der Waals surface area contributed by atoms with Crippen molar-refractivity contribution in [3.63, 3.8) is 0 Å². The van der Waals surface area contributed by atoms with Gasteiger partial charge in [-0.15, -0.1) is 0 Å². The molecule has 31 heavy (non-hydrogen) atoms. The SMILES string of the molecule is COc1ccc(-c2oc3cc(C)oc(=O)c3c2CC(=O)NCCc2ncn(C)n2)cc1. The highest BCUT2D eigenvalue weighted by atomic mass is 16.5. The maximum Gasteiger partial charge on any atom is 0.347 e. The van der Waals surface area contributed by atoms with Crippen LogP contribution in [0.3, 0.4) is 0 Å². The quantitative estimate of drug-likeness (QED) is 0.487. The second-order valence-electron chi connectivity index (χ2n) is 7.13. The average molecular weight is 422 g/mol. The van der Waals surface area contributed by atoms with Crippen molar-refractivity contribution in [2.24, 2.45) is 7.05 Å². The van der Waals surface area contributed by atoms with Gasteiger partial charge in [0, 0.05) is 37.2 Å². The summed E-state index contributed by atoms with van der Waals surface area (Å²) in [5.41, 5.74) is 1.08. The molecule has 0 fully saturated rings. The molecule has 4 rings (SSSR count). The van der Waals surface area contributed by atoms with Gasteiger partial charge in [-0.2, -0.15) is 5.10 Å². The standard InChI is InChI=1S/C22H22N4O5/c1-13-10-17-20(22(28)30-13)16(21(31-17)14-4-6-15(29-3)7-5-14)11-19(27)23-9-8-18-24-12-26(2)25-18/h4-7,10,12H,8-9,11H2,1-3H3,(H,23,27). The second-order valence-corrected chi connectivity index (χ2v) is 7.13. The van der Waals surface area contributed by atoms with Crippen molar-refractivity contribution in [1.29, 1.82) is 0 Å². The van der Waals surface area contributed by atoms with Crippen molar-refractivity contribution in [2.75, 3.05) is 13.7 Å². The van der Waals surface area contributed by atoms with Gasteiger partial charge in [-0.05, 0) is 31.2 Å². The Kier molecular flexibility index (Phi) is 5.57. The van der Waals surface area contributed by atoms with E-state index >= 15 is 0 Å². The highest BCUT2D eigenvalue weighted by Crippen LogP contribution is 2.33. The maximum absolute atomic E-state index is 12.7. The van der Waals surface area contributed by atoms with Crippen LogP contribution in [0.4, 0.5) is 0 Å². The summed E-state index contributed by atoms with van der Waals surface area (Å²) in [4.78, 5) is 29.3. The molecular weight excluding hydrogens is 400 g/mol. The number of fused-ring (bicyclic) bond motifs is 1. The molecule has 0 saturated heterocycles. The third kappa shape index (κ3) is 4.35. The summed E-state index contributed by atoms with van der Waals surface area (Å²) in [5, 5.41) is 7.31. The van der Waals surface area contributed by atoms with Crippen molar-refractivity contribution < 1.29 is 18.4 Å². The molecule has 0 aliphatic carbocycles. The lowest BCUT2D eigenvalue weighted by atomic mass is 10.0. The van der Waals surface area contributed by atoms with Crippen LogP contribution in [0.25, 0.3) is 22.3 Å². The number of amides is 1. The molecule has 3 heterocycles. The monoisotopic (exact) mass is 422 g/mol. The van der Waals surface area contributed by atoms with Gasteiger partial charge in [0.25, 0.3) is 0 Å². The van der Waals surface area contributed by atoms with E-state index < -0.39 is 5.63 Å². The number of carbonyl (C=O) groups excluding carboxylic acids is 1. The fourth-order valence-corrected chi connectivity index (χ4v) is 3.40. The van der Waals surface area contributed by atoms with Gasteiger partial charge in [0.2, 0.25) is 5.91 Å². The van der Waals surface area contributed by atoms with Gasteiger partial charge in [-0.1, -0.05) is 0 Å². The molecule has 0 radical (unpaired) electrons. The van der Waals surface area contributed by atoms with E-state index in [1.54, 1.807) is 50.3 Å².